The standard InChI is InChI=1S/C18H27N6O3/c1-10(2)23-14-15(19-17(23)24-13(5)11(3)12(4)20-24)21(6)18(26)22(16(14)25)8-9-27-7/h10,14H,8-9H2,1-7H3/q+1. The molecule has 1 fully saturated rings. The molecular weight excluding hydrogens is 348 g/mol. The number of nitrogens with zero attached hydrogens (tertiary/aromatic N) is 6. The number of amidine groups is 1. The minimum Gasteiger partial charge on any atom is -0.383 e. The number of aromatic nitrogens is 2. The summed E-state index contributed by atoms with van der Waals surface area (Å²) in [5.74, 6) is 0.726. The molecule has 1 saturated heterocycles. The molecule has 1 aromatic heterocycles. The number of hydrogen-bond donors (Lipinski definition) is 0. The van der Waals surface area contributed by atoms with Crippen LogP contribution in [0.1, 0.15) is 30.8 Å². The van der Waals surface area contributed by atoms with Gasteiger partial charge in [-0.3, -0.25) is 14.6 Å². The van der Waals surface area contributed by atoms with E-state index >= 15 is 0 Å². The average molecular weight is 375 g/mol. The van der Waals surface area contributed by atoms with Gasteiger partial charge < -0.3 is 4.74 Å². The maximum Gasteiger partial charge on any atom is 0.421 e. The van der Waals surface area contributed by atoms with Crippen molar-refractivity contribution in [3.05, 3.63) is 17.0 Å². The van der Waals surface area contributed by atoms with Crippen LogP contribution < -0.4 is 0 Å². The normalized spacial score (nSPS) is 20.1. The zero-order chi connectivity index (χ0) is 20.0. The van der Waals surface area contributed by atoms with Gasteiger partial charge in [0.25, 0.3) is 5.91 Å². The minimum atomic E-state index is -0.649. The van der Waals surface area contributed by atoms with Gasteiger partial charge in [-0.05, 0) is 34.6 Å². The van der Waals surface area contributed by atoms with Crippen LogP contribution >= 0.6 is 0 Å². The van der Waals surface area contributed by atoms with Gasteiger partial charge in [-0.15, -0.1) is 9.78 Å². The summed E-state index contributed by atoms with van der Waals surface area (Å²) in [6.07, 6.45) is 0. The summed E-state index contributed by atoms with van der Waals surface area (Å²) >= 11 is 0. The molecule has 0 aromatic carbocycles. The van der Waals surface area contributed by atoms with Crippen molar-refractivity contribution in [1.82, 2.24) is 19.6 Å². The highest BCUT2D eigenvalue weighted by Gasteiger charge is 2.53. The molecule has 0 radical (unpaired) electrons. The smallest absolute Gasteiger partial charge is 0.383 e. The maximum atomic E-state index is 13.2. The lowest BCUT2D eigenvalue weighted by molar-refractivity contribution is -0.567. The molecule has 0 N–H and O–H groups in total. The van der Waals surface area contributed by atoms with Gasteiger partial charge in [-0.1, -0.05) is 4.99 Å². The molecule has 1 aromatic rings. The highest BCUT2D eigenvalue weighted by molar-refractivity contribution is 6.23. The van der Waals surface area contributed by atoms with Crippen molar-refractivity contribution in [3.8, 4) is 0 Å². The lowest BCUT2D eigenvalue weighted by Gasteiger charge is -2.34. The van der Waals surface area contributed by atoms with E-state index in [9.17, 15) is 9.59 Å². The van der Waals surface area contributed by atoms with Crippen LogP contribution in [0, 0.1) is 20.8 Å². The first kappa shape index (κ1) is 19.2. The Bertz CT molecular complexity index is 867. The molecular formula is C18H27N6O3+. The van der Waals surface area contributed by atoms with E-state index in [0.29, 0.717) is 18.4 Å². The van der Waals surface area contributed by atoms with Crippen LogP contribution in [0.15, 0.2) is 4.99 Å². The van der Waals surface area contributed by atoms with Crippen LogP contribution in [0.3, 0.4) is 0 Å². The van der Waals surface area contributed by atoms with Crippen molar-refractivity contribution in [3.63, 3.8) is 0 Å². The topological polar surface area (TPSA) is 83.0 Å². The number of urea groups is 1. The Morgan fingerprint density at radius 2 is 1.89 bits per heavy atom. The number of likely N-dealkylation sites (N-methyl/N-ethyl adjacent to an activating group) is 1. The lowest BCUT2D eigenvalue weighted by atomic mass is 10.1. The molecule has 0 spiro atoms. The van der Waals surface area contributed by atoms with Crippen LogP contribution in [0.5, 0.6) is 0 Å². The summed E-state index contributed by atoms with van der Waals surface area (Å²) in [5, 5.41) is 4.60. The lowest BCUT2D eigenvalue weighted by Crippen LogP contribution is -2.63. The second-order valence-corrected chi connectivity index (χ2v) is 7.21. The molecule has 1 atom stereocenters. The van der Waals surface area contributed by atoms with Gasteiger partial charge in [0.15, 0.2) is 0 Å². The van der Waals surface area contributed by atoms with Gasteiger partial charge in [0, 0.05) is 19.7 Å². The summed E-state index contributed by atoms with van der Waals surface area (Å²) in [4.78, 5) is 33.2. The Hall–Kier alpha value is -2.55. The largest absolute Gasteiger partial charge is 0.421 e. The van der Waals surface area contributed by atoms with Crippen molar-refractivity contribution in [2.75, 3.05) is 27.3 Å². The third-order valence-corrected chi connectivity index (χ3v) is 5.25. The highest BCUT2D eigenvalue weighted by atomic mass is 16.5. The fourth-order valence-corrected chi connectivity index (χ4v) is 3.46. The molecule has 3 rings (SSSR count). The zero-order valence-electron chi connectivity index (χ0n) is 17.0. The fraction of sp³-hybridized carbons (Fsp3) is 0.611. The first-order chi connectivity index (χ1) is 12.7. The molecule has 2 aliphatic rings. The second-order valence-electron chi connectivity index (χ2n) is 7.21. The summed E-state index contributed by atoms with van der Waals surface area (Å²) in [7, 11) is 3.19. The van der Waals surface area contributed by atoms with Crippen LogP contribution in [-0.4, -0.2) is 87.3 Å². The van der Waals surface area contributed by atoms with Crippen LogP contribution in [-0.2, 0) is 9.53 Å². The Labute approximate surface area is 158 Å². The molecule has 0 saturated carbocycles. The number of carbonyl (C=O) groups is 2. The second kappa shape index (κ2) is 6.88. The van der Waals surface area contributed by atoms with Crippen LogP contribution in [0.25, 0.3) is 0 Å². The monoisotopic (exact) mass is 375 g/mol. The molecule has 0 bridgehead atoms. The van der Waals surface area contributed by atoms with E-state index in [1.54, 1.807) is 18.8 Å². The molecule has 3 amide bonds. The molecule has 146 valence electrons. The number of carbonyl (C=O) groups excluding carboxylic acids is 2. The van der Waals surface area contributed by atoms with Crippen LogP contribution in [0.2, 0.25) is 0 Å². The van der Waals surface area contributed by atoms with Crippen molar-refractivity contribution in [1.29, 1.82) is 0 Å². The SMILES string of the molecule is COCCN1C(=O)C2C(=NC(n3nc(C)c(C)c3C)=[N+]2C(C)C)N(C)C1=O. The first-order valence-corrected chi connectivity index (χ1v) is 9.05. The Kier molecular flexibility index (Phi) is 4.90. The Morgan fingerprint density at radius 1 is 1.22 bits per heavy atom. The molecule has 2 aliphatic heterocycles. The number of aryl methyl sites for hydroxylation is 1. The third kappa shape index (κ3) is 2.86. The third-order valence-electron chi connectivity index (χ3n) is 5.25. The predicted molar refractivity (Wildman–Crippen MR) is 100 cm³/mol. The molecule has 27 heavy (non-hydrogen) atoms. The number of ether oxygens (including phenoxy) is 1. The van der Waals surface area contributed by atoms with E-state index < -0.39 is 6.04 Å². The first-order valence-electron chi connectivity index (χ1n) is 9.05. The van der Waals surface area contributed by atoms with E-state index in [2.05, 4.69) is 10.1 Å². The zero-order valence-corrected chi connectivity index (χ0v) is 17.0. The van der Waals surface area contributed by atoms with Gasteiger partial charge in [-0.25, -0.2) is 9.37 Å². The van der Waals surface area contributed by atoms with E-state index in [4.69, 9.17) is 4.74 Å². The van der Waals surface area contributed by atoms with Crippen molar-refractivity contribution in [2.24, 2.45) is 4.99 Å². The number of amides is 3. The summed E-state index contributed by atoms with van der Waals surface area (Å²) < 4.78 is 8.75. The van der Waals surface area contributed by atoms with Gasteiger partial charge in [0.1, 0.15) is 5.69 Å². The predicted octanol–water partition coefficient (Wildman–Crippen LogP) is 0.754. The maximum absolute atomic E-state index is 13.2. The minimum absolute atomic E-state index is 0.00899. The molecule has 3 heterocycles. The van der Waals surface area contributed by atoms with E-state index in [0.717, 1.165) is 17.0 Å². The van der Waals surface area contributed by atoms with Crippen molar-refractivity contribution < 1.29 is 18.9 Å². The van der Waals surface area contributed by atoms with E-state index in [-0.39, 0.29) is 24.5 Å². The number of rotatable bonds is 4. The number of fused-ring (bicyclic) bond motifs is 1. The number of imide groups is 1. The van der Waals surface area contributed by atoms with Crippen molar-refractivity contribution >= 4 is 23.7 Å². The van der Waals surface area contributed by atoms with Crippen molar-refractivity contribution in [2.45, 2.75) is 46.7 Å². The Balaban J connectivity index is 2.14. The van der Waals surface area contributed by atoms with Gasteiger partial charge in [0.2, 0.25) is 11.9 Å². The quantitative estimate of drug-likeness (QED) is 0.727. The number of methoxy groups -OCH3 is 1. The number of hydrogen-bond acceptors (Lipinski definition) is 5. The summed E-state index contributed by atoms with van der Waals surface area (Å²) in [6, 6.07) is -1.05. The average Bonchev–Trinajstić information content (AvgIpc) is 3.14. The van der Waals surface area contributed by atoms with Gasteiger partial charge in [-0.2, -0.15) is 0 Å². The van der Waals surface area contributed by atoms with E-state index in [1.807, 2.05) is 39.2 Å². The van der Waals surface area contributed by atoms with Gasteiger partial charge in [0.05, 0.1) is 24.9 Å². The summed E-state index contributed by atoms with van der Waals surface area (Å²) in [6.45, 7) is 10.4. The molecule has 9 heteroatoms. The summed E-state index contributed by atoms with van der Waals surface area (Å²) in [5.41, 5.74) is 2.96. The molecule has 9 nitrogen and oxygen atoms in total. The highest BCUT2D eigenvalue weighted by Crippen LogP contribution is 2.23. The van der Waals surface area contributed by atoms with Crippen LogP contribution in [0.4, 0.5) is 4.79 Å². The number of aliphatic imine (C=N–C) groups is 1. The molecule has 1 unspecified atom stereocenters. The van der Waals surface area contributed by atoms with E-state index in [1.165, 1.54) is 9.80 Å². The van der Waals surface area contributed by atoms with Gasteiger partial charge >= 0.3 is 12.0 Å². The molecule has 0 aliphatic carbocycles. The fourth-order valence-electron chi connectivity index (χ4n) is 3.46. The Morgan fingerprint density at radius 3 is 2.41 bits per heavy atom.